The molecular formula is C22H25FN4O3. The summed E-state index contributed by atoms with van der Waals surface area (Å²) in [7, 11) is 1.99. The van der Waals surface area contributed by atoms with Crippen molar-refractivity contribution in [2.75, 3.05) is 13.6 Å². The number of carbonyl (C=O) groups excluding carboxylic acids is 1. The minimum Gasteiger partial charge on any atom is -0.489 e. The number of benzene rings is 2. The third kappa shape index (κ3) is 6.12. The predicted octanol–water partition coefficient (Wildman–Crippen LogP) is 3.35. The Labute approximate surface area is 174 Å². The van der Waals surface area contributed by atoms with Gasteiger partial charge in [0.25, 0.3) is 5.91 Å². The molecule has 0 spiro atoms. The van der Waals surface area contributed by atoms with Crippen molar-refractivity contribution >= 4 is 5.91 Å². The number of aryl methyl sites for hydroxylation is 1. The molecule has 0 bridgehead atoms. The highest BCUT2D eigenvalue weighted by Crippen LogP contribution is 2.17. The number of amides is 1. The van der Waals surface area contributed by atoms with E-state index in [-0.39, 0.29) is 17.6 Å². The molecule has 2 aromatic carbocycles. The van der Waals surface area contributed by atoms with E-state index in [1.54, 1.807) is 6.07 Å². The van der Waals surface area contributed by atoms with Crippen LogP contribution in [0.1, 0.15) is 34.2 Å². The van der Waals surface area contributed by atoms with Crippen LogP contribution in [0.2, 0.25) is 0 Å². The molecule has 1 amide bonds. The summed E-state index contributed by atoms with van der Waals surface area (Å²) in [6, 6.07) is 13.4. The van der Waals surface area contributed by atoms with E-state index in [4.69, 9.17) is 9.37 Å². The molecule has 3 rings (SSSR count). The molecule has 0 aliphatic rings. The summed E-state index contributed by atoms with van der Waals surface area (Å²) in [6.07, 6.45) is -0.251. The molecule has 1 heterocycles. The second-order valence-electron chi connectivity index (χ2n) is 7.26. The van der Waals surface area contributed by atoms with Crippen molar-refractivity contribution in [3.63, 3.8) is 0 Å². The van der Waals surface area contributed by atoms with Gasteiger partial charge >= 0.3 is 0 Å². The molecule has 0 saturated carbocycles. The number of halogens is 1. The third-order valence-electron chi connectivity index (χ3n) is 4.49. The topological polar surface area (TPSA) is 80.5 Å². The molecule has 1 aromatic heterocycles. The van der Waals surface area contributed by atoms with Gasteiger partial charge in [-0.05, 0) is 56.8 Å². The Hall–Kier alpha value is -3.26. The molecule has 1 N–H and O–H groups in total. The van der Waals surface area contributed by atoms with E-state index in [0.717, 1.165) is 17.0 Å². The van der Waals surface area contributed by atoms with Crippen LogP contribution in [-0.4, -0.2) is 40.8 Å². The molecule has 1 atom stereocenters. The largest absolute Gasteiger partial charge is 0.489 e. The molecule has 3 aromatic rings. The summed E-state index contributed by atoms with van der Waals surface area (Å²) in [4.78, 5) is 14.2. The van der Waals surface area contributed by atoms with Gasteiger partial charge < -0.3 is 10.1 Å². The zero-order valence-electron chi connectivity index (χ0n) is 17.3. The number of hydrogen-bond donors (Lipinski definition) is 1. The molecule has 0 radical (unpaired) electrons. The van der Waals surface area contributed by atoms with Crippen molar-refractivity contribution in [3.8, 4) is 5.75 Å². The van der Waals surface area contributed by atoms with Gasteiger partial charge in [0.1, 0.15) is 29.1 Å². The van der Waals surface area contributed by atoms with Crippen molar-refractivity contribution in [3.05, 3.63) is 76.9 Å². The number of aromatic nitrogens is 2. The Morgan fingerprint density at radius 1 is 1.20 bits per heavy atom. The van der Waals surface area contributed by atoms with Crippen LogP contribution in [0.3, 0.4) is 0 Å². The quantitative estimate of drug-likeness (QED) is 0.581. The van der Waals surface area contributed by atoms with E-state index in [9.17, 15) is 9.18 Å². The molecule has 0 saturated heterocycles. The highest BCUT2D eigenvalue weighted by atomic mass is 19.1. The number of nitrogens with one attached hydrogen (secondary N) is 1. The minimum absolute atomic E-state index is 0.251. The van der Waals surface area contributed by atoms with Crippen molar-refractivity contribution in [1.29, 1.82) is 0 Å². The van der Waals surface area contributed by atoms with Crippen LogP contribution >= 0.6 is 0 Å². The summed E-state index contributed by atoms with van der Waals surface area (Å²) in [5.74, 6) is -0.0608. The van der Waals surface area contributed by atoms with Crippen LogP contribution in [0.4, 0.5) is 4.39 Å². The zero-order chi connectivity index (χ0) is 21.5. The van der Waals surface area contributed by atoms with Crippen LogP contribution in [0.15, 0.2) is 53.2 Å². The van der Waals surface area contributed by atoms with Gasteiger partial charge in [0, 0.05) is 18.7 Å². The van der Waals surface area contributed by atoms with Gasteiger partial charge in [-0.2, -0.15) is 0 Å². The van der Waals surface area contributed by atoms with Gasteiger partial charge in [0.2, 0.25) is 0 Å². The van der Waals surface area contributed by atoms with Crippen molar-refractivity contribution in [2.24, 2.45) is 0 Å². The molecule has 30 heavy (non-hydrogen) atoms. The number of hydrogen-bond acceptors (Lipinski definition) is 6. The highest BCUT2D eigenvalue weighted by Gasteiger charge is 2.12. The van der Waals surface area contributed by atoms with E-state index < -0.39 is 5.82 Å². The number of carbonyl (C=O) groups is 1. The first kappa shape index (κ1) is 21.4. The summed E-state index contributed by atoms with van der Waals surface area (Å²) in [5.41, 5.74) is 2.96. The molecule has 8 heteroatoms. The lowest BCUT2D eigenvalue weighted by Gasteiger charge is -2.18. The zero-order valence-corrected chi connectivity index (χ0v) is 17.3. The van der Waals surface area contributed by atoms with Gasteiger partial charge in [-0.25, -0.2) is 9.02 Å². The smallest absolute Gasteiger partial charge is 0.251 e. The predicted molar refractivity (Wildman–Crippen MR) is 109 cm³/mol. The summed E-state index contributed by atoms with van der Waals surface area (Å²) >= 11 is 0. The standard InChI is InChI=1S/C22H25FN4O3/c1-15(12-24-22(28)18-7-5-8-19(23)11-18)29-20-9-4-6-17(10-20)13-27(3)14-21-16(2)25-30-26-21/h4-11,15H,12-14H2,1-3H3,(H,24,28)/t15-/m0/s1. The second kappa shape index (κ2) is 9.98. The minimum atomic E-state index is -0.441. The van der Waals surface area contributed by atoms with Crippen LogP contribution in [0.25, 0.3) is 0 Å². The first-order valence-electron chi connectivity index (χ1n) is 9.66. The Balaban J connectivity index is 1.50. The third-order valence-corrected chi connectivity index (χ3v) is 4.49. The van der Waals surface area contributed by atoms with Crippen molar-refractivity contribution in [2.45, 2.75) is 33.0 Å². The lowest BCUT2D eigenvalue weighted by Crippen LogP contribution is -2.33. The average molecular weight is 412 g/mol. The normalized spacial score (nSPS) is 12.0. The lowest BCUT2D eigenvalue weighted by atomic mass is 10.2. The lowest BCUT2D eigenvalue weighted by molar-refractivity contribution is 0.0931. The number of nitrogens with zero attached hydrogens (tertiary/aromatic N) is 3. The average Bonchev–Trinajstić information content (AvgIpc) is 3.10. The summed E-state index contributed by atoms with van der Waals surface area (Å²) in [5, 5.41) is 10.5. The fraction of sp³-hybridized carbons (Fsp3) is 0.318. The fourth-order valence-corrected chi connectivity index (χ4v) is 2.98. The van der Waals surface area contributed by atoms with E-state index >= 15 is 0 Å². The van der Waals surface area contributed by atoms with Crippen molar-refractivity contribution in [1.82, 2.24) is 20.5 Å². The van der Waals surface area contributed by atoms with Gasteiger partial charge in [-0.15, -0.1) is 0 Å². The molecule has 0 fully saturated rings. The maximum Gasteiger partial charge on any atom is 0.251 e. The van der Waals surface area contributed by atoms with Crippen molar-refractivity contribution < 1.29 is 18.6 Å². The number of rotatable bonds is 9. The Morgan fingerprint density at radius 3 is 2.73 bits per heavy atom. The van der Waals surface area contributed by atoms with E-state index in [2.05, 4.69) is 20.5 Å². The maximum atomic E-state index is 13.2. The SMILES string of the molecule is Cc1nonc1CN(C)Cc1cccc(O[C@@H](C)CNC(=O)c2cccc(F)c2)c1. The van der Waals surface area contributed by atoms with Gasteiger partial charge in [-0.3, -0.25) is 9.69 Å². The van der Waals surface area contributed by atoms with Crippen LogP contribution in [0.5, 0.6) is 5.75 Å². The first-order valence-corrected chi connectivity index (χ1v) is 9.66. The Bertz CT molecular complexity index is 992. The molecule has 158 valence electrons. The van der Waals surface area contributed by atoms with Gasteiger partial charge in [0.05, 0.1) is 6.54 Å². The second-order valence-corrected chi connectivity index (χ2v) is 7.26. The fourth-order valence-electron chi connectivity index (χ4n) is 2.98. The van der Waals surface area contributed by atoms with Gasteiger partial charge in [-0.1, -0.05) is 28.5 Å². The molecule has 7 nitrogen and oxygen atoms in total. The Morgan fingerprint density at radius 2 is 2.00 bits per heavy atom. The van der Waals surface area contributed by atoms with E-state index in [0.29, 0.717) is 25.4 Å². The molecule has 0 aliphatic heterocycles. The van der Waals surface area contributed by atoms with E-state index in [1.165, 1.54) is 18.2 Å². The van der Waals surface area contributed by atoms with Crippen LogP contribution in [-0.2, 0) is 13.1 Å². The van der Waals surface area contributed by atoms with E-state index in [1.807, 2.05) is 45.2 Å². The summed E-state index contributed by atoms with van der Waals surface area (Å²) in [6.45, 7) is 5.36. The number of ether oxygens (including phenoxy) is 1. The first-order chi connectivity index (χ1) is 14.4. The molecule has 0 unspecified atom stereocenters. The van der Waals surface area contributed by atoms with Crippen LogP contribution in [0, 0.1) is 12.7 Å². The summed E-state index contributed by atoms with van der Waals surface area (Å²) < 4.78 is 23.9. The monoisotopic (exact) mass is 412 g/mol. The molecule has 0 aliphatic carbocycles. The molecular weight excluding hydrogens is 387 g/mol. The van der Waals surface area contributed by atoms with Gasteiger partial charge in [0.15, 0.2) is 0 Å². The maximum absolute atomic E-state index is 13.2. The highest BCUT2D eigenvalue weighted by molar-refractivity contribution is 5.94. The van der Waals surface area contributed by atoms with Crippen LogP contribution < -0.4 is 10.1 Å². The Kier molecular flexibility index (Phi) is 7.13.